The Hall–Kier alpha value is -3.85. The van der Waals surface area contributed by atoms with E-state index in [-0.39, 0.29) is 41.4 Å². The molecule has 1 aliphatic heterocycles. The van der Waals surface area contributed by atoms with Crippen molar-refractivity contribution < 1.29 is 23.1 Å². The lowest BCUT2D eigenvalue weighted by Gasteiger charge is -2.21. The van der Waals surface area contributed by atoms with Gasteiger partial charge in [-0.1, -0.05) is 18.2 Å². The number of aliphatic imine (C=N–C) groups is 1. The van der Waals surface area contributed by atoms with Crippen LogP contribution in [0, 0.1) is 11.6 Å². The minimum absolute atomic E-state index is 0.0220. The zero-order valence-electron chi connectivity index (χ0n) is 18.0. The van der Waals surface area contributed by atoms with Crippen LogP contribution in [0.2, 0.25) is 0 Å². The van der Waals surface area contributed by atoms with Crippen LogP contribution in [0.3, 0.4) is 0 Å². The Labute approximate surface area is 193 Å². The molecule has 0 saturated heterocycles. The number of aliphatic hydroxyl groups is 1. The van der Waals surface area contributed by atoms with E-state index in [1.807, 2.05) is 0 Å². The van der Waals surface area contributed by atoms with Crippen LogP contribution in [0.25, 0.3) is 5.57 Å². The summed E-state index contributed by atoms with van der Waals surface area (Å²) < 4.78 is 42.6. The van der Waals surface area contributed by atoms with Crippen LogP contribution < -0.4 is 5.32 Å². The van der Waals surface area contributed by atoms with Gasteiger partial charge < -0.3 is 10.4 Å². The van der Waals surface area contributed by atoms with Gasteiger partial charge in [0.2, 0.25) is 0 Å². The second kappa shape index (κ2) is 10.4. The largest absolute Gasteiger partial charge is 0.393 e. The number of benzene rings is 2. The number of hydrogen-bond donors (Lipinski definition) is 2. The lowest BCUT2D eigenvalue weighted by atomic mass is 9.98. The smallest absolute Gasteiger partial charge is 0.252 e. The Kier molecular flexibility index (Phi) is 7.12. The highest BCUT2D eigenvalue weighted by atomic mass is 19.1. The summed E-state index contributed by atoms with van der Waals surface area (Å²) in [6.07, 6.45) is 2.78. The number of carbonyl (C=O) groups excluding carboxylic acids is 1. The molecule has 0 saturated carbocycles. The average molecular weight is 466 g/mol. The van der Waals surface area contributed by atoms with E-state index < -0.39 is 30.5 Å². The summed E-state index contributed by atoms with van der Waals surface area (Å²) in [7, 11) is 0. The summed E-state index contributed by atoms with van der Waals surface area (Å²) in [6, 6.07) is 10.3. The topological polar surface area (TPSA) is 87.5 Å². The molecule has 174 valence electrons. The Morgan fingerprint density at radius 3 is 2.50 bits per heavy atom. The third kappa shape index (κ3) is 5.20. The number of aromatic nitrogens is 2. The number of carbonyl (C=O) groups is 1. The maximum atomic E-state index is 14.9. The molecule has 1 aliphatic rings. The fourth-order valence-electron chi connectivity index (χ4n) is 3.66. The van der Waals surface area contributed by atoms with Gasteiger partial charge in [0.05, 0.1) is 30.5 Å². The first kappa shape index (κ1) is 23.3. The fraction of sp³-hybridized carbons (Fsp3) is 0.200. The predicted molar refractivity (Wildman–Crippen MR) is 121 cm³/mol. The van der Waals surface area contributed by atoms with Gasteiger partial charge >= 0.3 is 0 Å². The molecule has 2 heterocycles. The minimum atomic E-state index is -1.78. The quantitative estimate of drug-likeness (QED) is 0.533. The summed E-state index contributed by atoms with van der Waals surface area (Å²) in [4.78, 5) is 25.5. The first-order valence-corrected chi connectivity index (χ1v) is 10.6. The molecule has 34 heavy (non-hydrogen) atoms. The Morgan fingerprint density at radius 2 is 1.79 bits per heavy atom. The lowest BCUT2D eigenvalue weighted by molar-refractivity contribution is 0.0867. The highest BCUT2D eigenvalue weighted by Crippen LogP contribution is 2.25. The van der Waals surface area contributed by atoms with Gasteiger partial charge in [-0.2, -0.15) is 0 Å². The van der Waals surface area contributed by atoms with Gasteiger partial charge in [0.1, 0.15) is 23.6 Å². The predicted octanol–water partition coefficient (Wildman–Crippen LogP) is 3.31. The monoisotopic (exact) mass is 466 g/mol. The number of aliphatic hydroxyl groups excluding tert-OH is 1. The van der Waals surface area contributed by atoms with Gasteiger partial charge in [0.15, 0.2) is 0 Å². The number of hydrogen-bond acceptors (Lipinski definition) is 5. The van der Waals surface area contributed by atoms with Gasteiger partial charge in [-0.15, -0.1) is 0 Å². The van der Waals surface area contributed by atoms with E-state index in [0.29, 0.717) is 0 Å². The minimum Gasteiger partial charge on any atom is -0.393 e. The van der Waals surface area contributed by atoms with Crippen molar-refractivity contribution in [2.45, 2.75) is 18.6 Å². The molecule has 0 fully saturated rings. The normalized spacial score (nSPS) is 14.8. The van der Waals surface area contributed by atoms with E-state index in [1.54, 1.807) is 24.3 Å². The summed E-state index contributed by atoms with van der Waals surface area (Å²) in [5.74, 6) is -1.47. The number of amides is 1. The first-order chi connectivity index (χ1) is 16.5. The van der Waals surface area contributed by atoms with Gasteiger partial charge in [0, 0.05) is 24.4 Å². The molecule has 0 spiro atoms. The van der Waals surface area contributed by atoms with Crippen molar-refractivity contribution in [3.8, 4) is 0 Å². The molecule has 2 atom stereocenters. The Bertz CT molecular complexity index is 1230. The number of alkyl halides is 1. The molecular weight excluding hydrogens is 445 g/mol. The van der Waals surface area contributed by atoms with Crippen molar-refractivity contribution in [1.29, 1.82) is 0 Å². The van der Waals surface area contributed by atoms with E-state index in [0.717, 1.165) is 11.1 Å². The van der Waals surface area contributed by atoms with Crippen LogP contribution in [0.4, 0.5) is 13.2 Å². The molecule has 1 aromatic heterocycles. The zero-order valence-corrected chi connectivity index (χ0v) is 18.0. The standard InChI is InChI=1S/C25H21F3N4O2/c26-17-7-5-15(6-8-17)16-11-22(31-13-16)24-18(3-1-4-19(24)27)25(34)32-21(20(28)14-33)12-23-29-9-2-10-30-23/h1-11,20-21,33H,12-14H2,(H,32,34)/t20-,21-/m1/s1. The van der Waals surface area contributed by atoms with Crippen molar-refractivity contribution >= 4 is 17.2 Å². The second-order valence-corrected chi connectivity index (χ2v) is 7.69. The van der Waals surface area contributed by atoms with Crippen molar-refractivity contribution in [2.75, 3.05) is 13.2 Å². The maximum absolute atomic E-state index is 14.9. The molecule has 9 heteroatoms. The average Bonchev–Trinajstić information content (AvgIpc) is 3.33. The van der Waals surface area contributed by atoms with Crippen molar-refractivity contribution in [1.82, 2.24) is 15.3 Å². The van der Waals surface area contributed by atoms with E-state index in [2.05, 4.69) is 20.3 Å². The molecule has 6 nitrogen and oxygen atoms in total. The highest BCUT2D eigenvalue weighted by molar-refractivity contribution is 6.19. The molecule has 4 rings (SSSR count). The maximum Gasteiger partial charge on any atom is 0.252 e. The van der Waals surface area contributed by atoms with E-state index in [1.165, 1.54) is 42.7 Å². The summed E-state index contributed by atoms with van der Waals surface area (Å²) in [5, 5.41) is 11.8. The van der Waals surface area contributed by atoms with Crippen molar-refractivity contribution in [3.63, 3.8) is 0 Å². The third-order valence-corrected chi connectivity index (χ3v) is 5.41. The fourth-order valence-corrected chi connectivity index (χ4v) is 3.66. The molecule has 3 aromatic rings. The van der Waals surface area contributed by atoms with E-state index in [4.69, 9.17) is 0 Å². The molecule has 1 amide bonds. The van der Waals surface area contributed by atoms with Gasteiger partial charge in [-0.25, -0.2) is 23.1 Å². The molecule has 0 radical (unpaired) electrons. The number of allylic oxidation sites excluding steroid dienone is 1. The van der Waals surface area contributed by atoms with Crippen molar-refractivity contribution in [2.24, 2.45) is 4.99 Å². The first-order valence-electron chi connectivity index (χ1n) is 10.6. The SMILES string of the molecule is O=C(N[C@H](Cc1ncccn1)[C@H](F)CO)c1cccc(F)c1C1=NCC(c2ccc(F)cc2)=C1. The van der Waals surface area contributed by atoms with Gasteiger partial charge in [0.25, 0.3) is 5.91 Å². The Balaban J connectivity index is 1.60. The van der Waals surface area contributed by atoms with Crippen molar-refractivity contribution in [3.05, 3.63) is 101 Å². The van der Waals surface area contributed by atoms with Crippen LogP contribution in [0.15, 0.2) is 72.0 Å². The summed E-state index contributed by atoms with van der Waals surface area (Å²) in [5.41, 5.74) is 1.68. The van der Waals surface area contributed by atoms with Gasteiger partial charge in [-0.3, -0.25) is 9.79 Å². The lowest BCUT2D eigenvalue weighted by Crippen LogP contribution is -2.45. The van der Waals surface area contributed by atoms with E-state index >= 15 is 0 Å². The van der Waals surface area contributed by atoms with Crippen LogP contribution in [0.1, 0.15) is 27.3 Å². The van der Waals surface area contributed by atoms with Crippen LogP contribution in [0.5, 0.6) is 0 Å². The molecule has 0 unspecified atom stereocenters. The molecule has 2 aromatic carbocycles. The highest BCUT2D eigenvalue weighted by Gasteiger charge is 2.27. The third-order valence-electron chi connectivity index (χ3n) is 5.41. The number of nitrogens with zero attached hydrogens (tertiary/aromatic N) is 3. The summed E-state index contributed by atoms with van der Waals surface area (Å²) in [6.45, 7) is -0.578. The zero-order chi connectivity index (χ0) is 24.1. The number of nitrogens with one attached hydrogen (secondary N) is 1. The van der Waals surface area contributed by atoms with Crippen LogP contribution >= 0.6 is 0 Å². The van der Waals surface area contributed by atoms with Crippen LogP contribution in [-0.2, 0) is 6.42 Å². The molecule has 0 bridgehead atoms. The Morgan fingerprint density at radius 1 is 1.06 bits per heavy atom. The van der Waals surface area contributed by atoms with E-state index in [9.17, 15) is 23.1 Å². The van der Waals surface area contributed by atoms with Gasteiger partial charge in [-0.05, 0) is 47.5 Å². The number of rotatable bonds is 8. The van der Waals surface area contributed by atoms with Crippen LogP contribution in [-0.4, -0.2) is 52.1 Å². The number of halogens is 3. The molecular formula is C25H21F3N4O2. The summed E-state index contributed by atoms with van der Waals surface area (Å²) >= 11 is 0. The second-order valence-electron chi connectivity index (χ2n) is 7.69. The molecule has 0 aliphatic carbocycles. The molecule has 2 N–H and O–H groups in total.